The third-order valence-corrected chi connectivity index (χ3v) is 6.08. The summed E-state index contributed by atoms with van der Waals surface area (Å²) in [6.45, 7) is 2.64. The van der Waals surface area contributed by atoms with Gasteiger partial charge in [0, 0.05) is 30.0 Å². The Morgan fingerprint density at radius 2 is 1.59 bits per heavy atom. The van der Waals surface area contributed by atoms with Crippen LogP contribution in [0.4, 0.5) is 0 Å². The van der Waals surface area contributed by atoms with Gasteiger partial charge in [-0.2, -0.15) is 0 Å². The molecule has 32 heavy (non-hydrogen) atoms. The molecule has 0 unspecified atom stereocenters. The fourth-order valence-corrected chi connectivity index (χ4v) is 4.23. The number of carbonyl (C=O) groups is 1. The van der Waals surface area contributed by atoms with Crippen LogP contribution in [0.5, 0.6) is 0 Å². The molecule has 0 saturated heterocycles. The molecule has 1 heterocycles. The van der Waals surface area contributed by atoms with Crippen molar-refractivity contribution >= 4 is 17.7 Å². The van der Waals surface area contributed by atoms with Crippen LogP contribution in [0.15, 0.2) is 90.1 Å². The number of hydrogen-bond donors (Lipinski definition) is 1. The van der Waals surface area contributed by atoms with Crippen molar-refractivity contribution in [3.8, 4) is 17.1 Å². The first-order valence-electron chi connectivity index (χ1n) is 10.7. The standard InChI is InChI=1S/C26H26N4OS/c1-20-14-16-22(17-15-20)25-28-29-26(30(25)23-11-6-3-7-12-23)32-18-8-13-24(31)27-19-21-9-4-2-5-10-21/h2-7,9-12,14-17H,8,13,18-19H2,1H3,(H,27,31). The van der Waals surface area contributed by atoms with Gasteiger partial charge in [-0.25, -0.2) is 0 Å². The summed E-state index contributed by atoms with van der Waals surface area (Å²) < 4.78 is 2.09. The minimum atomic E-state index is 0.0688. The summed E-state index contributed by atoms with van der Waals surface area (Å²) >= 11 is 1.63. The van der Waals surface area contributed by atoms with Crippen LogP contribution in [-0.2, 0) is 11.3 Å². The van der Waals surface area contributed by atoms with E-state index in [0.29, 0.717) is 13.0 Å². The summed E-state index contributed by atoms with van der Waals surface area (Å²) in [5, 5.41) is 12.8. The fourth-order valence-electron chi connectivity index (χ4n) is 3.34. The third kappa shape index (κ3) is 5.65. The maximum atomic E-state index is 12.2. The quantitative estimate of drug-likeness (QED) is 0.277. The van der Waals surface area contributed by atoms with Crippen LogP contribution in [0.25, 0.3) is 17.1 Å². The van der Waals surface area contributed by atoms with E-state index in [9.17, 15) is 4.79 Å². The zero-order valence-electron chi connectivity index (χ0n) is 18.1. The van der Waals surface area contributed by atoms with Gasteiger partial charge in [-0.15, -0.1) is 10.2 Å². The number of aryl methyl sites for hydroxylation is 1. The number of hydrogen-bond acceptors (Lipinski definition) is 4. The van der Waals surface area contributed by atoms with Gasteiger partial charge in [-0.05, 0) is 31.0 Å². The second-order valence-electron chi connectivity index (χ2n) is 7.56. The van der Waals surface area contributed by atoms with Crippen LogP contribution in [-0.4, -0.2) is 26.4 Å². The second kappa shape index (κ2) is 10.8. The zero-order chi connectivity index (χ0) is 22.2. The Morgan fingerprint density at radius 3 is 2.31 bits per heavy atom. The van der Waals surface area contributed by atoms with E-state index in [4.69, 9.17) is 0 Å². The molecule has 0 aliphatic rings. The van der Waals surface area contributed by atoms with Gasteiger partial charge in [0.05, 0.1) is 0 Å². The van der Waals surface area contributed by atoms with E-state index in [1.54, 1.807) is 11.8 Å². The smallest absolute Gasteiger partial charge is 0.220 e. The summed E-state index contributed by atoms with van der Waals surface area (Å²) in [6, 6.07) is 28.4. The molecule has 4 aromatic rings. The maximum absolute atomic E-state index is 12.2. The van der Waals surface area contributed by atoms with Gasteiger partial charge < -0.3 is 5.32 Å². The number of nitrogens with zero attached hydrogens (tertiary/aromatic N) is 3. The van der Waals surface area contributed by atoms with Crippen molar-refractivity contribution in [1.29, 1.82) is 0 Å². The SMILES string of the molecule is Cc1ccc(-c2nnc(SCCCC(=O)NCc3ccccc3)n2-c2ccccc2)cc1. The van der Waals surface area contributed by atoms with E-state index >= 15 is 0 Å². The summed E-state index contributed by atoms with van der Waals surface area (Å²) in [5.74, 6) is 1.68. The van der Waals surface area contributed by atoms with E-state index < -0.39 is 0 Å². The molecule has 5 nitrogen and oxygen atoms in total. The molecule has 3 aromatic carbocycles. The van der Waals surface area contributed by atoms with Crippen LogP contribution in [0.2, 0.25) is 0 Å². The highest BCUT2D eigenvalue weighted by atomic mass is 32.2. The van der Waals surface area contributed by atoms with Crippen LogP contribution in [0.3, 0.4) is 0 Å². The molecule has 0 fully saturated rings. The molecule has 0 saturated carbocycles. The zero-order valence-corrected chi connectivity index (χ0v) is 18.9. The highest BCUT2D eigenvalue weighted by Gasteiger charge is 2.16. The van der Waals surface area contributed by atoms with Gasteiger partial charge in [-0.3, -0.25) is 9.36 Å². The van der Waals surface area contributed by atoms with Crippen molar-refractivity contribution in [2.75, 3.05) is 5.75 Å². The van der Waals surface area contributed by atoms with Crippen molar-refractivity contribution < 1.29 is 4.79 Å². The Hall–Kier alpha value is -3.38. The number of carbonyl (C=O) groups excluding carboxylic acids is 1. The van der Waals surface area contributed by atoms with Crippen molar-refractivity contribution in [2.24, 2.45) is 0 Å². The second-order valence-corrected chi connectivity index (χ2v) is 8.62. The van der Waals surface area contributed by atoms with E-state index in [2.05, 4.69) is 63.4 Å². The van der Waals surface area contributed by atoms with Crippen LogP contribution in [0, 0.1) is 6.92 Å². The molecule has 1 aromatic heterocycles. The fraction of sp³-hybridized carbons (Fsp3) is 0.192. The normalized spacial score (nSPS) is 10.8. The van der Waals surface area contributed by atoms with E-state index in [-0.39, 0.29) is 5.91 Å². The average molecular weight is 443 g/mol. The summed E-state index contributed by atoms with van der Waals surface area (Å²) in [7, 11) is 0. The van der Waals surface area contributed by atoms with E-state index in [1.807, 2.05) is 48.5 Å². The third-order valence-electron chi connectivity index (χ3n) is 5.07. The highest BCUT2D eigenvalue weighted by molar-refractivity contribution is 7.99. The summed E-state index contributed by atoms with van der Waals surface area (Å²) in [5.41, 5.74) is 4.37. The Balaban J connectivity index is 1.39. The number of thioether (sulfide) groups is 1. The topological polar surface area (TPSA) is 59.8 Å². The molecule has 0 aliphatic carbocycles. The van der Waals surface area contributed by atoms with Crippen molar-refractivity contribution in [2.45, 2.75) is 31.5 Å². The van der Waals surface area contributed by atoms with Gasteiger partial charge in [0.15, 0.2) is 11.0 Å². The number of para-hydroxylation sites is 1. The molecular weight excluding hydrogens is 416 g/mol. The van der Waals surface area contributed by atoms with Gasteiger partial charge in [0.2, 0.25) is 5.91 Å². The molecule has 4 rings (SSSR count). The Labute approximate surface area is 192 Å². The molecule has 0 atom stereocenters. The number of rotatable bonds is 9. The molecular formula is C26H26N4OS. The minimum Gasteiger partial charge on any atom is -0.352 e. The van der Waals surface area contributed by atoms with Gasteiger partial charge in [0.1, 0.15) is 0 Å². The molecule has 6 heteroatoms. The molecule has 1 N–H and O–H groups in total. The van der Waals surface area contributed by atoms with Crippen LogP contribution < -0.4 is 5.32 Å². The number of benzene rings is 3. The van der Waals surface area contributed by atoms with Crippen molar-refractivity contribution in [1.82, 2.24) is 20.1 Å². The first-order valence-corrected chi connectivity index (χ1v) is 11.7. The molecule has 1 amide bonds. The Bertz CT molecular complexity index is 1140. The van der Waals surface area contributed by atoms with Gasteiger partial charge in [0.25, 0.3) is 0 Å². The monoisotopic (exact) mass is 442 g/mol. The average Bonchev–Trinajstić information content (AvgIpc) is 3.26. The Morgan fingerprint density at radius 1 is 0.906 bits per heavy atom. The lowest BCUT2D eigenvalue weighted by Crippen LogP contribution is -2.22. The van der Waals surface area contributed by atoms with Crippen molar-refractivity contribution in [3.63, 3.8) is 0 Å². The minimum absolute atomic E-state index is 0.0688. The predicted molar refractivity (Wildman–Crippen MR) is 130 cm³/mol. The highest BCUT2D eigenvalue weighted by Crippen LogP contribution is 2.28. The molecule has 0 radical (unpaired) electrons. The lowest BCUT2D eigenvalue weighted by Gasteiger charge is -2.10. The van der Waals surface area contributed by atoms with Crippen molar-refractivity contribution in [3.05, 3.63) is 96.1 Å². The van der Waals surface area contributed by atoms with E-state index in [0.717, 1.165) is 40.0 Å². The molecule has 162 valence electrons. The molecule has 0 bridgehead atoms. The first-order chi connectivity index (χ1) is 15.7. The van der Waals surface area contributed by atoms with E-state index in [1.165, 1.54) is 5.56 Å². The number of nitrogens with one attached hydrogen (secondary N) is 1. The van der Waals surface area contributed by atoms with Crippen LogP contribution in [0.1, 0.15) is 24.0 Å². The summed E-state index contributed by atoms with van der Waals surface area (Å²) in [6.07, 6.45) is 1.26. The maximum Gasteiger partial charge on any atom is 0.220 e. The lowest BCUT2D eigenvalue weighted by atomic mass is 10.1. The molecule has 0 spiro atoms. The molecule has 0 aliphatic heterocycles. The predicted octanol–water partition coefficient (Wildman–Crippen LogP) is 5.43. The van der Waals surface area contributed by atoms with Crippen LogP contribution >= 0.6 is 11.8 Å². The Kier molecular flexibility index (Phi) is 7.35. The summed E-state index contributed by atoms with van der Waals surface area (Å²) in [4.78, 5) is 12.2. The number of aromatic nitrogens is 3. The lowest BCUT2D eigenvalue weighted by molar-refractivity contribution is -0.121. The first kappa shape index (κ1) is 21.8. The van der Waals surface area contributed by atoms with Gasteiger partial charge in [-0.1, -0.05) is 90.1 Å². The number of amides is 1. The van der Waals surface area contributed by atoms with Gasteiger partial charge >= 0.3 is 0 Å². The largest absolute Gasteiger partial charge is 0.352 e.